The average Bonchev–Trinajstić information content (AvgIpc) is 3.19. The molecule has 1 amide bonds. The van der Waals surface area contributed by atoms with E-state index in [9.17, 15) is 24.3 Å². The number of carbonyl (C=O) groups is 4. The number of ketones is 2. The summed E-state index contributed by atoms with van der Waals surface area (Å²) in [6.45, 7) is 16.1. The van der Waals surface area contributed by atoms with E-state index in [0.29, 0.717) is 58.0 Å². The summed E-state index contributed by atoms with van der Waals surface area (Å²) in [5.74, 6) is -6.07. The van der Waals surface area contributed by atoms with Gasteiger partial charge in [0.15, 0.2) is 0 Å². The van der Waals surface area contributed by atoms with E-state index in [1.165, 1.54) is 4.90 Å². The SMILES string of the molecule is C=CCOC1CC(C=C(C)C2OC(=O)C3CCCCN3C(=O)C(=O)C3(O)OC(C(OC)CC(C)CC(C)=CC(CC)C(=O)CCC2C)C(OC)CC3C)CCC1N. The van der Waals surface area contributed by atoms with Crippen molar-refractivity contribution in [3.8, 4) is 0 Å². The van der Waals surface area contributed by atoms with Crippen LogP contribution in [0.3, 0.4) is 0 Å². The molecular formula is C45H72N2O10. The van der Waals surface area contributed by atoms with Gasteiger partial charge in [-0.25, -0.2) is 4.79 Å². The number of Topliss-reactive ketones (excluding diaryl/α,β-unsaturated/α-hetero) is 2. The molecule has 3 N–H and O–H groups in total. The van der Waals surface area contributed by atoms with Crippen molar-refractivity contribution in [2.75, 3.05) is 27.4 Å². The summed E-state index contributed by atoms with van der Waals surface area (Å²) in [4.78, 5) is 57.9. The fraction of sp³-hybridized carbons (Fsp3) is 0.778. The normalized spacial score (nSPS) is 38.7. The maximum Gasteiger partial charge on any atom is 0.329 e. The molecule has 0 spiro atoms. The van der Waals surface area contributed by atoms with Crippen LogP contribution >= 0.6 is 0 Å². The molecule has 0 radical (unpaired) electrons. The molecular weight excluding hydrogens is 728 g/mol. The number of piperidine rings is 1. The van der Waals surface area contributed by atoms with E-state index in [1.807, 2.05) is 27.7 Å². The van der Waals surface area contributed by atoms with Gasteiger partial charge in [0.25, 0.3) is 11.7 Å². The van der Waals surface area contributed by atoms with Gasteiger partial charge in [0.05, 0.1) is 24.9 Å². The third kappa shape index (κ3) is 11.7. The zero-order chi connectivity index (χ0) is 42.0. The molecule has 2 saturated heterocycles. The Morgan fingerprint density at radius 2 is 1.72 bits per heavy atom. The Labute approximate surface area is 341 Å². The molecule has 2 bridgehead atoms. The molecule has 1 saturated carbocycles. The van der Waals surface area contributed by atoms with Crippen LogP contribution in [0.15, 0.2) is 36.0 Å². The lowest BCUT2D eigenvalue weighted by molar-refractivity contribution is -0.302. The molecule has 12 heteroatoms. The van der Waals surface area contributed by atoms with Crippen LogP contribution in [0.5, 0.6) is 0 Å². The first kappa shape index (κ1) is 46.9. The van der Waals surface area contributed by atoms with Crippen LogP contribution in [0.1, 0.15) is 119 Å². The van der Waals surface area contributed by atoms with Crippen molar-refractivity contribution in [3.05, 3.63) is 36.0 Å². The Kier molecular flexibility index (Phi) is 17.7. The topological polar surface area (TPSA) is 164 Å². The Balaban J connectivity index is 1.73. The number of hydrogen-bond acceptors (Lipinski definition) is 11. The van der Waals surface area contributed by atoms with Crippen molar-refractivity contribution >= 4 is 23.4 Å². The van der Waals surface area contributed by atoms with Gasteiger partial charge in [0, 0.05) is 45.1 Å². The summed E-state index contributed by atoms with van der Waals surface area (Å²) in [7, 11) is 3.11. The van der Waals surface area contributed by atoms with Crippen molar-refractivity contribution in [2.45, 2.75) is 167 Å². The number of fused-ring (bicyclic) bond motifs is 3. The molecule has 0 aromatic rings. The fourth-order valence-corrected chi connectivity index (χ4v) is 9.57. The van der Waals surface area contributed by atoms with Crippen molar-refractivity contribution < 1.29 is 48.0 Å². The maximum atomic E-state index is 14.3. The van der Waals surface area contributed by atoms with E-state index in [0.717, 1.165) is 30.4 Å². The Morgan fingerprint density at radius 1 is 1.02 bits per heavy atom. The van der Waals surface area contributed by atoms with Gasteiger partial charge in [-0.1, -0.05) is 51.5 Å². The number of methoxy groups -OCH3 is 2. The Bertz CT molecular complexity index is 1460. The number of ether oxygens (including phenoxy) is 5. The van der Waals surface area contributed by atoms with Gasteiger partial charge in [-0.2, -0.15) is 0 Å². The molecule has 4 rings (SSSR count). The zero-order valence-corrected chi connectivity index (χ0v) is 35.9. The van der Waals surface area contributed by atoms with Gasteiger partial charge in [0.1, 0.15) is 24.0 Å². The first-order chi connectivity index (χ1) is 27.1. The van der Waals surface area contributed by atoms with Crippen LogP contribution in [0, 0.1) is 29.6 Å². The van der Waals surface area contributed by atoms with Crippen molar-refractivity contribution in [1.82, 2.24) is 4.90 Å². The molecule has 13 unspecified atom stereocenters. The van der Waals surface area contributed by atoms with Gasteiger partial charge in [-0.05, 0) is 108 Å². The molecule has 322 valence electrons. The van der Waals surface area contributed by atoms with Gasteiger partial charge in [-0.15, -0.1) is 6.58 Å². The predicted octanol–water partition coefficient (Wildman–Crippen LogP) is 6.02. The summed E-state index contributed by atoms with van der Waals surface area (Å²) in [6.07, 6.45) is 10.1. The molecule has 4 aliphatic rings. The van der Waals surface area contributed by atoms with Gasteiger partial charge >= 0.3 is 5.97 Å². The van der Waals surface area contributed by atoms with Crippen LogP contribution in [-0.2, 0) is 42.9 Å². The quantitative estimate of drug-likeness (QED) is 0.168. The van der Waals surface area contributed by atoms with Gasteiger partial charge in [-0.3, -0.25) is 14.4 Å². The van der Waals surface area contributed by atoms with Crippen LogP contribution < -0.4 is 5.73 Å². The second-order valence-electron chi connectivity index (χ2n) is 17.5. The van der Waals surface area contributed by atoms with E-state index < -0.39 is 59.8 Å². The number of nitrogens with two attached hydrogens (primary N) is 1. The highest BCUT2D eigenvalue weighted by Crippen LogP contribution is 2.39. The Morgan fingerprint density at radius 3 is 2.39 bits per heavy atom. The number of rotatable bonds is 8. The van der Waals surface area contributed by atoms with Gasteiger partial charge in [0.2, 0.25) is 5.79 Å². The van der Waals surface area contributed by atoms with Gasteiger partial charge < -0.3 is 39.4 Å². The minimum Gasteiger partial charge on any atom is -0.456 e. The zero-order valence-electron chi connectivity index (χ0n) is 35.9. The lowest BCUT2D eigenvalue weighted by atomic mass is 9.81. The molecule has 1 aliphatic carbocycles. The molecule has 3 aliphatic heterocycles. The van der Waals surface area contributed by atoms with Crippen LogP contribution in [-0.4, -0.2) is 109 Å². The molecule has 13 atom stereocenters. The molecule has 0 aromatic carbocycles. The van der Waals surface area contributed by atoms with E-state index in [4.69, 9.17) is 29.4 Å². The lowest BCUT2D eigenvalue weighted by Crippen LogP contribution is -2.64. The minimum atomic E-state index is -2.46. The minimum absolute atomic E-state index is 0.0782. The van der Waals surface area contributed by atoms with Crippen molar-refractivity contribution in [2.24, 2.45) is 35.3 Å². The van der Waals surface area contributed by atoms with E-state index >= 15 is 0 Å². The predicted molar refractivity (Wildman–Crippen MR) is 218 cm³/mol. The lowest BCUT2D eigenvalue weighted by Gasteiger charge is -2.47. The fourth-order valence-electron chi connectivity index (χ4n) is 9.57. The number of carbonyl (C=O) groups excluding carboxylic acids is 4. The highest BCUT2D eigenvalue weighted by atomic mass is 16.7. The molecule has 3 fully saturated rings. The first-order valence-corrected chi connectivity index (χ1v) is 21.5. The number of nitrogens with zero attached hydrogens (tertiary/aromatic N) is 1. The number of amides is 1. The van der Waals surface area contributed by atoms with E-state index in [-0.39, 0.29) is 54.6 Å². The summed E-state index contributed by atoms with van der Waals surface area (Å²) in [5, 5.41) is 12.0. The highest BCUT2D eigenvalue weighted by Gasteiger charge is 2.56. The second-order valence-corrected chi connectivity index (χ2v) is 17.5. The van der Waals surface area contributed by atoms with E-state index in [2.05, 4.69) is 25.7 Å². The number of aliphatic hydroxyl groups is 1. The summed E-state index contributed by atoms with van der Waals surface area (Å²) < 4.78 is 30.4. The van der Waals surface area contributed by atoms with Crippen LogP contribution in [0.25, 0.3) is 0 Å². The molecule has 12 nitrogen and oxygen atoms in total. The number of esters is 1. The Hall–Kier alpha value is -2.74. The van der Waals surface area contributed by atoms with Crippen LogP contribution in [0.4, 0.5) is 0 Å². The van der Waals surface area contributed by atoms with Crippen molar-refractivity contribution in [3.63, 3.8) is 0 Å². The summed E-state index contributed by atoms with van der Waals surface area (Å²) in [5.41, 5.74) is 8.35. The van der Waals surface area contributed by atoms with Crippen molar-refractivity contribution in [1.29, 1.82) is 0 Å². The number of allylic oxidation sites excluding steroid dienone is 3. The third-order valence-electron chi connectivity index (χ3n) is 13.0. The summed E-state index contributed by atoms with van der Waals surface area (Å²) >= 11 is 0. The first-order valence-electron chi connectivity index (χ1n) is 21.5. The highest BCUT2D eigenvalue weighted by molar-refractivity contribution is 6.39. The second kappa shape index (κ2) is 21.5. The number of hydrogen-bond donors (Lipinski definition) is 2. The molecule has 0 aromatic heterocycles. The standard InChI is InChI=1S/C45H72N2O10/c1-10-20-55-37-26-32(16-17-34(37)46)24-30(6)40-29(5)15-18-36(48)33(11-2)22-27(3)21-28(4)23-38(53-8)41-39(54-9)25-31(7)45(52,57-41)42(49)43(50)47-19-13-12-14-35(47)44(51)56-40/h10,22,24,28-29,31-35,37-41,52H,1,11-21,23,25-26,46H2,2-9H3. The monoisotopic (exact) mass is 801 g/mol. The number of cyclic esters (lactones) is 1. The average molecular weight is 801 g/mol. The molecule has 57 heavy (non-hydrogen) atoms. The van der Waals surface area contributed by atoms with E-state index in [1.54, 1.807) is 27.2 Å². The van der Waals surface area contributed by atoms with Crippen LogP contribution in [0.2, 0.25) is 0 Å². The summed E-state index contributed by atoms with van der Waals surface area (Å²) in [6, 6.07) is -1.11. The smallest absolute Gasteiger partial charge is 0.329 e. The molecule has 3 heterocycles. The maximum absolute atomic E-state index is 14.3. The largest absolute Gasteiger partial charge is 0.456 e. The third-order valence-corrected chi connectivity index (χ3v) is 13.0.